The van der Waals surface area contributed by atoms with E-state index >= 15 is 0 Å². The Kier molecular flexibility index (Phi) is 5.71. The summed E-state index contributed by atoms with van der Waals surface area (Å²) in [6, 6.07) is 12.7. The fraction of sp³-hybridized carbons (Fsp3) is 0.105. The number of nitrogens with one attached hydrogen (secondary N) is 1. The van der Waals surface area contributed by atoms with Crippen LogP contribution in [0.15, 0.2) is 63.7 Å². The molecule has 0 fully saturated rings. The third-order valence-corrected chi connectivity index (χ3v) is 4.58. The van der Waals surface area contributed by atoms with Gasteiger partial charge in [0.25, 0.3) is 0 Å². The zero-order valence-corrected chi connectivity index (χ0v) is 14.8. The Hall–Kier alpha value is -2.34. The Morgan fingerprint density at radius 1 is 1.28 bits per heavy atom. The van der Waals surface area contributed by atoms with Crippen LogP contribution in [0, 0.1) is 0 Å². The van der Waals surface area contributed by atoms with Crippen LogP contribution in [0.3, 0.4) is 0 Å². The van der Waals surface area contributed by atoms with Crippen molar-refractivity contribution in [2.75, 3.05) is 6.54 Å². The molecule has 2 N–H and O–H groups in total. The predicted molar refractivity (Wildman–Crippen MR) is 100 cm³/mol. The van der Waals surface area contributed by atoms with Crippen molar-refractivity contribution in [1.29, 1.82) is 0 Å². The van der Waals surface area contributed by atoms with E-state index in [1.54, 1.807) is 35.6 Å². The molecule has 2 heterocycles. The lowest BCUT2D eigenvalue weighted by atomic mass is 10.2. The summed E-state index contributed by atoms with van der Waals surface area (Å²) in [6.07, 6.45) is 2.10. The van der Waals surface area contributed by atoms with Gasteiger partial charge in [-0.15, -0.1) is 0 Å². The summed E-state index contributed by atoms with van der Waals surface area (Å²) in [5.74, 6) is 0.792. The molecule has 1 atom stereocenters. The number of aliphatic hydroxyl groups is 1. The number of benzene rings is 1. The van der Waals surface area contributed by atoms with Gasteiger partial charge >= 0.3 is 0 Å². The van der Waals surface area contributed by atoms with E-state index in [9.17, 15) is 9.90 Å². The van der Waals surface area contributed by atoms with Gasteiger partial charge in [-0.05, 0) is 41.3 Å². The minimum absolute atomic E-state index is 0.0578. The standard InChI is InChI=1S/C19H16ClNO3S/c20-15-4-2-1-3-13(15)5-8-19(23)21-11-16(22)18-7-6-17(24-18)14-9-10-25-12-14/h1-10,12,16,22H,11H2,(H,21,23)/b8-5+/t16-/m0/s1. The molecular weight excluding hydrogens is 358 g/mol. The van der Waals surface area contributed by atoms with E-state index in [2.05, 4.69) is 5.32 Å². The van der Waals surface area contributed by atoms with Gasteiger partial charge in [0.15, 0.2) is 0 Å². The molecule has 0 unspecified atom stereocenters. The summed E-state index contributed by atoms with van der Waals surface area (Å²) in [5, 5.41) is 17.3. The van der Waals surface area contributed by atoms with Crippen LogP contribution in [0.4, 0.5) is 0 Å². The number of aliphatic hydroxyl groups excluding tert-OH is 1. The molecule has 3 aromatic rings. The average molecular weight is 374 g/mol. The second kappa shape index (κ2) is 8.16. The highest BCUT2D eigenvalue weighted by Crippen LogP contribution is 2.26. The maximum atomic E-state index is 11.9. The molecule has 0 saturated heterocycles. The topological polar surface area (TPSA) is 62.5 Å². The van der Waals surface area contributed by atoms with Crippen molar-refractivity contribution in [1.82, 2.24) is 5.32 Å². The normalized spacial score (nSPS) is 12.4. The SMILES string of the molecule is O=C(/C=C/c1ccccc1Cl)NC[C@H](O)c1ccc(-c2ccsc2)o1. The molecule has 1 aromatic carbocycles. The number of furan rings is 1. The summed E-state index contributed by atoms with van der Waals surface area (Å²) in [4.78, 5) is 11.9. The largest absolute Gasteiger partial charge is 0.458 e. The first kappa shape index (κ1) is 17.5. The first-order valence-electron chi connectivity index (χ1n) is 7.64. The Labute approximate surface area is 154 Å². The smallest absolute Gasteiger partial charge is 0.244 e. The molecule has 2 aromatic heterocycles. The molecule has 4 nitrogen and oxygen atoms in total. The van der Waals surface area contributed by atoms with E-state index in [0.717, 1.165) is 11.1 Å². The highest BCUT2D eigenvalue weighted by atomic mass is 35.5. The van der Waals surface area contributed by atoms with Gasteiger partial charge in [0.2, 0.25) is 5.91 Å². The molecule has 25 heavy (non-hydrogen) atoms. The van der Waals surface area contributed by atoms with E-state index in [-0.39, 0.29) is 12.5 Å². The van der Waals surface area contributed by atoms with Crippen molar-refractivity contribution in [3.63, 3.8) is 0 Å². The molecule has 0 radical (unpaired) electrons. The maximum Gasteiger partial charge on any atom is 0.244 e. The van der Waals surface area contributed by atoms with E-state index < -0.39 is 6.10 Å². The molecule has 6 heteroatoms. The van der Waals surface area contributed by atoms with Crippen LogP contribution in [0.5, 0.6) is 0 Å². The van der Waals surface area contributed by atoms with E-state index in [1.165, 1.54) is 6.08 Å². The molecule has 128 valence electrons. The number of amides is 1. The zero-order chi connectivity index (χ0) is 17.6. The predicted octanol–water partition coefficient (Wildman–Crippen LogP) is 4.52. The van der Waals surface area contributed by atoms with Crippen LogP contribution in [-0.2, 0) is 4.79 Å². The lowest BCUT2D eigenvalue weighted by Crippen LogP contribution is -2.26. The van der Waals surface area contributed by atoms with Crippen LogP contribution in [-0.4, -0.2) is 17.6 Å². The summed E-state index contributed by atoms with van der Waals surface area (Å²) in [6.45, 7) is 0.0578. The second-order valence-electron chi connectivity index (χ2n) is 5.33. The van der Waals surface area contributed by atoms with E-state index in [4.69, 9.17) is 16.0 Å². The average Bonchev–Trinajstić information content (AvgIpc) is 3.30. The van der Waals surface area contributed by atoms with Crippen molar-refractivity contribution in [2.45, 2.75) is 6.10 Å². The third kappa shape index (κ3) is 4.60. The number of rotatable bonds is 6. The Bertz CT molecular complexity index is 870. The second-order valence-corrected chi connectivity index (χ2v) is 6.52. The van der Waals surface area contributed by atoms with Gasteiger partial charge in [-0.2, -0.15) is 11.3 Å². The Morgan fingerprint density at radius 2 is 2.12 bits per heavy atom. The van der Waals surface area contributed by atoms with Gasteiger partial charge in [-0.1, -0.05) is 29.8 Å². The van der Waals surface area contributed by atoms with E-state index in [0.29, 0.717) is 16.5 Å². The molecule has 0 saturated carbocycles. The molecule has 0 aliphatic heterocycles. The van der Waals surface area contributed by atoms with Crippen molar-refractivity contribution >= 4 is 34.9 Å². The van der Waals surface area contributed by atoms with Crippen LogP contribution < -0.4 is 5.32 Å². The van der Waals surface area contributed by atoms with Gasteiger partial charge in [-0.3, -0.25) is 4.79 Å². The highest BCUT2D eigenvalue weighted by Gasteiger charge is 2.14. The van der Waals surface area contributed by atoms with Crippen LogP contribution >= 0.6 is 22.9 Å². The first-order chi connectivity index (χ1) is 12.1. The molecule has 3 rings (SSSR count). The molecule has 1 amide bonds. The molecular formula is C19H16ClNO3S. The number of hydrogen-bond acceptors (Lipinski definition) is 4. The summed E-state index contributed by atoms with van der Waals surface area (Å²) < 4.78 is 5.64. The molecule has 0 aliphatic rings. The number of carbonyl (C=O) groups is 1. The van der Waals surface area contributed by atoms with Gasteiger partial charge in [-0.25, -0.2) is 0 Å². The molecule has 0 aliphatic carbocycles. The lowest BCUT2D eigenvalue weighted by molar-refractivity contribution is -0.116. The highest BCUT2D eigenvalue weighted by molar-refractivity contribution is 7.08. The fourth-order valence-electron chi connectivity index (χ4n) is 2.22. The maximum absolute atomic E-state index is 11.9. The van der Waals surface area contributed by atoms with Crippen molar-refractivity contribution in [2.24, 2.45) is 0 Å². The summed E-state index contributed by atoms with van der Waals surface area (Å²) >= 11 is 7.60. The van der Waals surface area contributed by atoms with Gasteiger partial charge in [0, 0.05) is 22.0 Å². The fourth-order valence-corrected chi connectivity index (χ4v) is 3.07. The monoisotopic (exact) mass is 373 g/mol. The number of hydrogen-bond donors (Lipinski definition) is 2. The number of halogens is 1. The minimum atomic E-state index is -0.912. The number of thiophene rings is 1. The third-order valence-electron chi connectivity index (χ3n) is 3.55. The van der Waals surface area contributed by atoms with Crippen LogP contribution in [0.25, 0.3) is 17.4 Å². The van der Waals surface area contributed by atoms with Gasteiger partial charge < -0.3 is 14.8 Å². The lowest BCUT2D eigenvalue weighted by Gasteiger charge is -2.08. The summed E-state index contributed by atoms with van der Waals surface area (Å²) in [7, 11) is 0. The summed E-state index contributed by atoms with van der Waals surface area (Å²) in [5.41, 5.74) is 1.72. The van der Waals surface area contributed by atoms with Crippen molar-refractivity contribution < 1.29 is 14.3 Å². The first-order valence-corrected chi connectivity index (χ1v) is 8.96. The molecule has 0 spiro atoms. The van der Waals surface area contributed by atoms with Gasteiger partial charge in [0.05, 0.1) is 6.54 Å². The van der Waals surface area contributed by atoms with Gasteiger partial charge in [0.1, 0.15) is 17.6 Å². The number of carbonyl (C=O) groups excluding carboxylic acids is 1. The zero-order valence-electron chi connectivity index (χ0n) is 13.2. The Morgan fingerprint density at radius 3 is 2.88 bits per heavy atom. The Balaban J connectivity index is 1.54. The van der Waals surface area contributed by atoms with Crippen LogP contribution in [0.2, 0.25) is 5.02 Å². The van der Waals surface area contributed by atoms with Crippen LogP contribution in [0.1, 0.15) is 17.4 Å². The quantitative estimate of drug-likeness (QED) is 0.624. The minimum Gasteiger partial charge on any atom is -0.458 e. The molecule has 0 bridgehead atoms. The van der Waals surface area contributed by atoms with Crippen molar-refractivity contribution in [3.8, 4) is 11.3 Å². The van der Waals surface area contributed by atoms with Crippen molar-refractivity contribution in [3.05, 3.63) is 75.6 Å². The van der Waals surface area contributed by atoms with E-state index in [1.807, 2.05) is 35.0 Å².